The summed E-state index contributed by atoms with van der Waals surface area (Å²) in [6, 6.07) is 28.3. The first-order chi connectivity index (χ1) is 20.8. The zero-order chi connectivity index (χ0) is 33.9. The van der Waals surface area contributed by atoms with Crippen LogP contribution in [0.15, 0.2) is 72.8 Å². The molecule has 0 fully saturated rings. The maximum atomic E-state index is 6.53. The Morgan fingerprint density at radius 3 is 1.36 bits per heavy atom. The van der Waals surface area contributed by atoms with Crippen molar-refractivity contribution in [3.63, 3.8) is 0 Å². The fraction of sp³-hybridized carbons (Fsp3) is 0.514. The molecule has 0 saturated carbocycles. The van der Waals surface area contributed by atoms with Gasteiger partial charge in [0.1, 0.15) is 18.0 Å². The molecule has 8 heteroatoms. The fourth-order valence-corrected chi connectivity index (χ4v) is 8.35. The van der Waals surface area contributed by atoms with E-state index in [2.05, 4.69) is 129 Å². The number of benzene rings is 3. The van der Waals surface area contributed by atoms with E-state index < -0.39 is 31.5 Å². The summed E-state index contributed by atoms with van der Waals surface area (Å²) in [5.74, 6) is 1.54. The molecule has 0 bridgehead atoms. The molecular formula is C37H62BNO3Si3. The second kappa shape index (κ2) is 17.2. The molecule has 1 unspecified atom stereocenters. The molecule has 0 spiro atoms. The molecule has 0 aromatic heterocycles. The summed E-state index contributed by atoms with van der Waals surface area (Å²) in [7, 11) is 2.03. The average molecular weight is 664 g/mol. The maximum absolute atomic E-state index is 6.53. The molecule has 0 heterocycles. The lowest BCUT2D eigenvalue weighted by Gasteiger charge is -2.30. The van der Waals surface area contributed by atoms with Crippen LogP contribution in [0.25, 0.3) is 0 Å². The lowest BCUT2D eigenvalue weighted by Crippen LogP contribution is -2.47. The van der Waals surface area contributed by atoms with Crippen LogP contribution in [-0.2, 0) is 4.65 Å². The van der Waals surface area contributed by atoms with Gasteiger partial charge in [-0.3, -0.25) is 0 Å². The van der Waals surface area contributed by atoms with Gasteiger partial charge in [0.05, 0.1) is 51.5 Å². The summed E-state index contributed by atoms with van der Waals surface area (Å²) < 4.78 is 20.0. The summed E-state index contributed by atoms with van der Waals surface area (Å²) in [6.45, 7) is 24.3. The van der Waals surface area contributed by atoms with Gasteiger partial charge in [-0.2, -0.15) is 35.5 Å². The summed E-state index contributed by atoms with van der Waals surface area (Å²) in [5.41, 5.74) is 0. The van der Waals surface area contributed by atoms with Crippen molar-refractivity contribution >= 4 is 47.1 Å². The van der Waals surface area contributed by atoms with Gasteiger partial charge in [0, 0.05) is 0 Å². The van der Waals surface area contributed by atoms with E-state index in [0.29, 0.717) is 0 Å². The first kappa shape index (κ1) is 39.1. The van der Waals surface area contributed by atoms with Gasteiger partial charge in [-0.05, 0) is 30.7 Å². The van der Waals surface area contributed by atoms with Gasteiger partial charge >= 0.3 is 7.32 Å². The Bertz CT molecular complexity index is 1180. The Kier molecular flexibility index (Phi) is 14.9. The van der Waals surface area contributed by atoms with E-state index in [9.17, 15) is 0 Å². The second-order valence-electron chi connectivity index (χ2n) is 16.3. The molecule has 3 aromatic carbocycles. The fourth-order valence-electron chi connectivity index (χ4n) is 4.85. The van der Waals surface area contributed by atoms with Gasteiger partial charge in [0.2, 0.25) is 0 Å². The third kappa shape index (κ3) is 15.4. The molecule has 0 N–H and O–H groups in total. The van der Waals surface area contributed by atoms with Crippen molar-refractivity contribution in [2.45, 2.75) is 97.6 Å². The van der Waals surface area contributed by atoms with Crippen molar-refractivity contribution in [3.05, 3.63) is 78.9 Å². The van der Waals surface area contributed by atoms with E-state index in [0.717, 1.165) is 35.4 Å². The molecule has 0 amide bonds. The molecule has 3 rings (SSSR count). The molecule has 4 nitrogen and oxygen atoms in total. The minimum Gasteiger partial charge on any atom is -0.501 e. The van der Waals surface area contributed by atoms with Gasteiger partial charge in [-0.1, -0.05) is 120 Å². The molecule has 3 aromatic rings. The molecular weight excluding hydrogens is 601 g/mol. The molecule has 45 heavy (non-hydrogen) atoms. The zero-order valence-electron chi connectivity index (χ0n) is 30.8. The number of likely N-dealkylation sites (N-methyl/N-ethyl adjacent to an activating group) is 1. The number of hydrogen-bond donors (Lipinski definition) is 0. The van der Waals surface area contributed by atoms with Crippen LogP contribution in [0, 0.1) is 6.07 Å². The largest absolute Gasteiger partial charge is 0.788 e. The van der Waals surface area contributed by atoms with Crippen LogP contribution in [0.4, 0.5) is 0 Å². The monoisotopic (exact) mass is 663 g/mol. The Morgan fingerprint density at radius 1 is 0.622 bits per heavy atom. The van der Waals surface area contributed by atoms with Crippen molar-refractivity contribution in [2.24, 2.45) is 0 Å². The number of nitrogens with zero attached hydrogens (tertiary/aromatic N) is 1. The summed E-state index contributed by atoms with van der Waals surface area (Å²) in [4.78, 5) is 0. The zero-order valence-corrected chi connectivity index (χ0v) is 33.8. The Hall–Kier alpha value is -2.10. The lowest BCUT2D eigenvalue weighted by molar-refractivity contribution is -0.873. The van der Waals surface area contributed by atoms with Crippen LogP contribution in [0.5, 0.6) is 11.5 Å². The molecule has 0 aliphatic heterocycles. The van der Waals surface area contributed by atoms with Crippen molar-refractivity contribution < 1.29 is 18.4 Å². The van der Waals surface area contributed by atoms with Crippen LogP contribution in [0.2, 0.25) is 58.9 Å². The predicted molar refractivity (Wildman–Crippen MR) is 206 cm³/mol. The van der Waals surface area contributed by atoms with Crippen molar-refractivity contribution in [1.29, 1.82) is 0 Å². The molecule has 0 saturated heterocycles. The SMILES string of the molecule is CCCCCC(C[N+](C)(C)C)OB(Oc1ccc([Si](C)(C)C)cc1)Oc1ccc([Si](C)(C)C)cc1.C[Si](C)(C)c1cc[c-]cc1. The van der Waals surface area contributed by atoms with E-state index in [-0.39, 0.29) is 6.10 Å². The average Bonchev–Trinajstić information content (AvgIpc) is 2.92. The highest BCUT2D eigenvalue weighted by atomic mass is 28.3. The second-order valence-corrected chi connectivity index (χ2v) is 31.6. The molecule has 0 aliphatic carbocycles. The van der Waals surface area contributed by atoms with Gasteiger partial charge in [-0.25, -0.2) is 0 Å². The molecule has 1 atom stereocenters. The van der Waals surface area contributed by atoms with Crippen molar-refractivity contribution in [1.82, 2.24) is 0 Å². The Morgan fingerprint density at radius 2 is 1.02 bits per heavy atom. The molecule has 0 aliphatic rings. The first-order valence-corrected chi connectivity index (χ1v) is 27.2. The van der Waals surface area contributed by atoms with Crippen molar-refractivity contribution in [3.8, 4) is 11.5 Å². The van der Waals surface area contributed by atoms with Gasteiger partial charge in [-0.15, -0.1) is 0 Å². The minimum atomic E-state index is -1.37. The van der Waals surface area contributed by atoms with Crippen LogP contribution in [0.3, 0.4) is 0 Å². The van der Waals surface area contributed by atoms with Crippen LogP contribution in [-0.4, -0.2) is 69.8 Å². The Labute approximate surface area is 280 Å². The summed E-state index contributed by atoms with van der Waals surface area (Å²) in [5, 5.41) is 4.33. The maximum Gasteiger partial charge on any atom is 0.788 e. The third-order valence-corrected chi connectivity index (χ3v) is 13.9. The molecule has 0 radical (unpaired) electrons. The van der Waals surface area contributed by atoms with Crippen LogP contribution in [0.1, 0.15) is 32.6 Å². The van der Waals surface area contributed by atoms with Crippen LogP contribution >= 0.6 is 0 Å². The van der Waals surface area contributed by atoms with E-state index >= 15 is 0 Å². The predicted octanol–water partition coefficient (Wildman–Crippen LogP) is 7.92. The quantitative estimate of drug-likeness (QED) is 0.0716. The lowest BCUT2D eigenvalue weighted by atomic mass is 10.1. The van der Waals surface area contributed by atoms with Crippen molar-refractivity contribution in [2.75, 3.05) is 27.7 Å². The normalized spacial score (nSPS) is 13.0. The van der Waals surface area contributed by atoms with E-state index in [1.165, 1.54) is 28.4 Å². The first-order valence-electron chi connectivity index (χ1n) is 16.7. The van der Waals surface area contributed by atoms with E-state index in [1.807, 2.05) is 36.4 Å². The minimum absolute atomic E-state index is 0.0501. The van der Waals surface area contributed by atoms with Crippen LogP contribution < -0.4 is 24.9 Å². The topological polar surface area (TPSA) is 27.7 Å². The van der Waals surface area contributed by atoms with Gasteiger partial charge in [0.15, 0.2) is 0 Å². The highest BCUT2D eigenvalue weighted by Gasteiger charge is 2.34. The number of hydrogen-bond acceptors (Lipinski definition) is 3. The standard InChI is InChI=1S/C28H49BNO3Si2.C9H13Si/c1-11-12-13-14-26(23-30(2,3)4)33-29(31-24-15-19-27(20-16-24)34(5,6)7)32-25-17-21-28(22-18-25)35(8,9)10;1-10(2,3)9-7-5-4-6-8-9/h15-22,26H,11-14,23H2,1-10H3;5-8H,1-3H3/q+1;-1. The number of rotatable bonds is 15. The van der Waals surface area contributed by atoms with E-state index in [4.69, 9.17) is 14.0 Å². The highest BCUT2D eigenvalue weighted by molar-refractivity contribution is 6.89. The highest BCUT2D eigenvalue weighted by Crippen LogP contribution is 2.19. The smallest absolute Gasteiger partial charge is 0.501 e. The number of quaternary nitrogens is 1. The summed E-state index contributed by atoms with van der Waals surface area (Å²) >= 11 is 0. The van der Waals surface area contributed by atoms with Gasteiger partial charge in [0.25, 0.3) is 0 Å². The summed E-state index contributed by atoms with van der Waals surface area (Å²) in [6.07, 6.45) is 4.59. The van der Waals surface area contributed by atoms with Gasteiger partial charge < -0.3 is 18.4 Å². The number of unbranched alkanes of at least 4 members (excludes halogenated alkanes) is 2. The molecule has 248 valence electrons. The Balaban J connectivity index is 0.000000596. The van der Waals surface area contributed by atoms with E-state index in [1.54, 1.807) is 0 Å². The third-order valence-electron chi connectivity index (χ3n) is 7.67.